The van der Waals surface area contributed by atoms with E-state index in [9.17, 15) is 9.59 Å². The molecule has 250 valence electrons. The molecule has 0 saturated heterocycles. The first-order chi connectivity index (χ1) is 25.5. The minimum atomic E-state index is -0.307. The molecular weight excluding hydrogens is 645 g/mol. The topological polar surface area (TPSA) is 106 Å². The van der Waals surface area contributed by atoms with Crippen molar-refractivity contribution in [3.63, 3.8) is 0 Å². The van der Waals surface area contributed by atoms with E-state index in [0.29, 0.717) is 44.8 Å². The molecule has 4 N–H and O–H groups in total. The molecule has 9 aromatic rings. The molecule has 0 atom stereocenters. The van der Waals surface area contributed by atoms with Crippen LogP contribution in [-0.4, -0.2) is 18.3 Å². The number of nitrogens with two attached hydrogens (primary N) is 2. The van der Waals surface area contributed by atoms with E-state index in [0.717, 1.165) is 33.6 Å². The second kappa shape index (κ2) is 12.2. The standard InChI is InChI=1S/C44H32N6O2/c45-33-27-34(46)42(50-40-26-14-12-24-38(40)48(44(50)52)36-22-10-8-20-32(36)30-17-5-2-6-18-30)28-41(33)49-39-25-13-11-23-37(39)47(43(49)51)35-21-9-7-19-31(35)29-15-3-1-4-16-29/h1-28H,45-46H2. The molecule has 2 heterocycles. The van der Waals surface area contributed by atoms with Gasteiger partial charge in [0, 0.05) is 11.1 Å². The van der Waals surface area contributed by atoms with Gasteiger partial charge in [0.2, 0.25) is 0 Å². The van der Waals surface area contributed by atoms with Gasteiger partial charge in [0.05, 0.1) is 56.2 Å². The number of benzene rings is 7. The highest BCUT2D eigenvalue weighted by Crippen LogP contribution is 2.34. The third-order valence-corrected chi connectivity index (χ3v) is 9.61. The summed E-state index contributed by atoms with van der Waals surface area (Å²) in [5.41, 5.74) is 22.2. The number of imidazole rings is 2. The van der Waals surface area contributed by atoms with Gasteiger partial charge in [-0.15, -0.1) is 0 Å². The van der Waals surface area contributed by atoms with Crippen molar-refractivity contribution in [3.8, 4) is 45.0 Å². The van der Waals surface area contributed by atoms with Crippen LogP contribution in [0.25, 0.3) is 67.1 Å². The van der Waals surface area contributed by atoms with Crippen molar-refractivity contribution < 1.29 is 0 Å². The van der Waals surface area contributed by atoms with Gasteiger partial charge < -0.3 is 11.5 Å². The maximum Gasteiger partial charge on any atom is 0.338 e. The van der Waals surface area contributed by atoms with Gasteiger partial charge >= 0.3 is 11.4 Å². The number of anilines is 2. The lowest BCUT2D eigenvalue weighted by atomic mass is 10.0. The maximum absolute atomic E-state index is 14.8. The Kier molecular flexibility index (Phi) is 7.22. The van der Waals surface area contributed by atoms with E-state index in [4.69, 9.17) is 11.5 Å². The Morgan fingerprint density at radius 3 is 1.02 bits per heavy atom. The van der Waals surface area contributed by atoms with Crippen LogP contribution in [0.1, 0.15) is 0 Å². The van der Waals surface area contributed by atoms with Gasteiger partial charge in [-0.2, -0.15) is 0 Å². The first-order valence-electron chi connectivity index (χ1n) is 17.0. The van der Waals surface area contributed by atoms with Crippen LogP contribution in [0.3, 0.4) is 0 Å². The van der Waals surface area contributed by atoms with Crippen molar-refractivity contribution >= 4 is 33.4 Å². The lowest BCUT2D eigenvalue weighted by Crippen LogP contribution is -2.25. The average Bonchev–Trinajstić information content (AvgIpc) is 3.65. The van der Waals surface area contributed by atoms with Gasteiger partial charge in [-0.05, 0) is 59.7 Å². The zero-order valence-electron chi connectivity index (χ0n) is 27.9. The van der Waals surface area contributed by atoms with Gasteiger partial charge in [-0.1, -0.05) is 121 Å². The number of hydrogen-bond donors (Lipinski definition) is 2. The normalized spacial score (nSPS) is 11.4. The molecule has 8 nitrogen and oxygen atoms in total. The summed E-state index contributed by atoms with van der Waals surface area (Å²) in [4.78, 5) is 29.5. The fourth-order valence-electron chi connectivity index (χ4n) is 7.29. The fourth-order valence-corrected chi connectivity index (χ4v) is 7.29. The van der Waals surface area contributed by atoms with E-state index in [1.807, 2.05) is 158 Å². The number of rotatable bonds is 6. The Morgan fingerprint density at radius 2 is 0.635 bits per heavy atom. The molecule has 0 unspecified atom stereocenters. The van der Waals surface area contributed by atoms with Gasteiger partial charge in [-0.3, -0.25) is 18.3 Å². The van der Waals surface area contributed by atoms with E-state index < -0.39 is 0 Å². The van der Waals surface area contributed by atoms with Crippen LogP contribution in [0.2, 0.25) is 0 Å². The average molecular weight is 677 g/mol. The smallest absolute Gasteiger partial charge is 0.338 e. The number of hydrogen-bond acceptors (Lipinski definition) is 4. The zero-order chi connectivity index (χ0) is 35.3. The summed E-state index contributed by atoms with van der Waals surface area (Å²) in [7, 11) is 0. The highest BCUT2D eigenvalue weighted by molar-refractivity contribution is 5.88. The van der Waals surface area contributed by atoms with Crippen LogP contribution in [0.4, 0.5) is 11.4 Å². The van der Waals surface area contributed by atoms with Crippen molar-refractivity contribution in [2.24, 2.45) is 0 Å². The lowest BCUT2D eigenvalue weighted by Gasteiger charge is -2.14. The Morgan fingerprint density at radius 1 is 0.327 bits per heavy atom. The fraction of sp³-hybridized carbons (Fsp3) is 0. The second-order valence-corrected chi connectivity index (χ2v) is 12.6. The van der Waals surface area contributed by atoms with E-state index in [-0.39, 0.29) is 11.4 Å². The highest BCUT2D eigenvalue weighted by Gasteiger charge is 2.24. The summed E-state index contributed by atoms with van der Waals surface area (Å²) in [6, 6.07) is 54.3. The molecule has 9 rings (SSSR count). The van der Waals surface area contributed by atoms with Crippen LogP contribution in [-0.2, 0) is 0 Å². The van der Waals surface area contributed by atoms with Crippen LogP contribution < -0.4 is 22.8 Å². The Balaban J connectivity index is 1.29. The molecule has 0 fully saturated rings. The summed E-state index contributed by atoms with van der Waals surface area (Å²) in [5.74, 6) is 0. The van der Waals surface area contributed by atoms with Crippen LogP contribution >= 0.6 is 0 Å². The molecule has 52 heavy (non-hydrogen) atoms. The first kappa shape index (κ1) is 30.7. The van der Waals surface area contributed by atoms with E-state index >= 15 is 0 Å². The number of nitrogen functional groups attached to an aromatic ring is 2. The van der Waals surface area contributed by atoms with Crippen molar-refractivity contribution in [1.29, 1.82) is 0 Å². The predicted molar refractivity (Wildman–Crippen MR) is 211 cm³/mol. The highest BCUT2D eigenvalue weighted by atomic mass is 16.2. The van der Waals surface area contributed by atoms with Crippen LogP contribution in [0, 0.1) is 0 Å². The van der Waals surface area contributed by atoms with Gasteiger partial charge in [0.1, 0.15) is 0 Å². The van der Waals surface area contributed by atoms with Gasteiger partial charge in [0.15, 0.2) is 0 Å². The quantitative estimate of drug-likeness (QED) is 0.173. The largest absolute Gasteiger partial charge is 0.397 e. The predicted octanol–water partition coefficient (Wildman–Crippen LogP) is 8.37. The molecule has 0 aliphatic carbocycles. The first-order valence-corrected chi connectivity index (χ1v) is 17.0. The lowest BCUT2D eigenvalue weighted by molar-refractivity contribution is 0.917. The summed E-state index contributed by atoms with van der Waals surface area (Å²) in [5, 5.41) is 0. The molecule has 0 aliphatic rings. The van der Waals surface area contributed by atoms with E-state index in [2.05, 4.69) is 0 Å². The summed E-state index contributed by atoms with van der Waals surface area (Å²) in [6.07, 6.45) is 0. The summed E-state index contributed by atoms with van der Waals surface area (Å²) >= 11 is 0. The van der Waals surface area contributed by atoms with Gasteiger partial charge in [0.25, 0.3) is 0 Å². The molecular formula is C44H32N6O2. The summed E-state index contributed by atoms with van der Waals surface area (Å²) < 4.78 is 6.63. The third kappa shape index (κ3) is 4.77. The third-order valence-electron chi connectivity index (χ3n) is 9.61. The number of fused-ring (bicyclic) bond motifs is 2. The minimum absolute atomic E-state index is 0.300. The Labute approximate surface area is 298 Å². The minimum Gasteiger partial charge on any atom is -0.397 e. The monoisotopic (exact) mass is 676 g/mol. The molecule has 0 amide bonds. The Bertz CT molecular complexity index is 2720. The van der Waals surface area contributed by atoms with Crippen LogP contribution in [0.15, 0.2) is 179 Å². The molecule has 0 saturated carbocycles. The molecule has 0 radical (unpaired) electrons. The number of para-hydroxylation sites is 6. The SMILES string of the molecule is Nc1cc(N)c(-n2c(=O)n(-c3ccccc3-c3ccccc3)c3ccccc32)cc1-n1c(=O)n(-c2ccccc2-c2ccccc2)c2ccccc21. The van der Waals surface area contributed by atoms with Gasteiger partial charge in [-0.25, -0.2) is 9.59 Å². The van der Waals surface area contributed by atoms with Crippen LogP contribution in [0.5, 0.6) is 0 Å². The van der Waals surface area contributed by atoms with Crippen molar-refractivity contribution in [2.45, 2.75) is 0 Å². The van der Waals surface area contributed by atoms with E-state index in [1.165, 1.54) is 0 Å². The molecule has 8 heteroatoms. The molecule has 0 bridgehead atoms. The molecule has 2 aromatic heterocycles. The molecule has 0 aliphatic heterocycles. The molecule has 7 aromatic carbocycles. The second-order valence-electron chi connectivity index (χ2n) is 12.6. The van der Waals surface area contributed by atoms with Crippen molar-refractivity contribution in [3.05, 3.63) is 191 Å². The number of aromatic nitrogens is 4. The summed E-state index contributed by atoms with van der Waals surface area (Å²) in [6.45, 7) is 0. The van der Waals surface area contributed by atoms with Crippen molar-refractivity contribution in [1.82, 2.24) is 18.3 Å². The van der Waals surface area contributed by atoms with E-state index in [1.54, 1.807) is 30.4 Å². The number of nitrogens with zero attached hydrogens (tertiary/aromatic N) is 4. The maximum atomic E-state index is 14.8. The zero-order valence-corrected chi connectivity index (χ0v) is 27.9. The van der Waals surface area contributed by atoms with Crippen molar-refractivity contribution in [2.75, 3.05) is 11.5 Å². The molecule has 0 spiro atoms. The Hall–Kier alpha value is -7.32.